The Kier molecular flexibility index (Phi) is 7.33. The van der Waals surface area contributed by atoms with Gasteiger partial charge in [-0.2, -0.15) is 0 Å². The number of benzene rings is 2. The number of nitrogens with zero attached hydrogens (tertiary/aromatic N) is 3. The van der Waals surface area contributed by atoms with E-state index in [0.29, 0.717) is 40.8 Å². The summed E-state index contributed by atoms with van der Waals surface area (Å²) >= 11 is 1.11. The van der Waals surface area contributed by atoms with Crippen LogP contribution in [-0.4, -0.2) is 48.6 Å². The van der Waals surface area contributed by atoms with Crippen molar-refractivity contribution in [1.29, 1.82) is 0 Å². The zero-order valence-corrected chi connectivity index (χ0v) is 18.1. The highest BCUT2D eigenvalue weighted by Gasteiger charge is 2.23. The quantitative estimate of drug-likeness (QED) is 0.478. The number of rotatable bonds is 9. The largest absolute Gasteiger partial charge is 0.494 e. The molecular formula is C22H25F2N3O2S. The zero-order chi connectivity index (χ0) is 21.7. The number of hydrogen-bond donors (Lipinski definition) is 0. The van der Waals surface area contributed by atoms with E-state index in [1.165, 1.54) is 11.0 Å². The first-order valence-electron chi connectivity index (χ1n) is 9.99. The molecule has 2 aromatic carbocycles. The van der Waals surface area contributed by atoms with Crippen LogP contribution in [-0.2, 0) is 0 Å². The van der Waals surface area contributed by atoms with E-state index in [1.807, 2.05) is 6.92 Å². The topological polar surface area (TPSA) is 45.7 Å². The summed E-state index contributed by atoms with van der Waals surface area (Å²) in [6.45, 7) is 9.26. The molecule has 0 N–H and O–H groups in total. The normalized spacial score (nSPS) is 11.3. The maximum atomic E-state index is 14.2. The molecule has 30 heavy (non-hydrogen) atoms. The Morgan fingerprint density at radius 1 is 1.07 bits per heavy atom. The van der Waals surface area contributed by atoms with Crippen molar-refractivity contribution < 1.29 is 18.3 Å². The zero-order valence-electron chi connectivity index (χ0n) is 17.3. The van der Waals surface area contributed by atoms with Crippen LogP contribution in [0.5, 0.6) is 5.75 Å². The Morgan fingerprint density at radius 3 is 2.40 bits per heavy atom. The van der Waals surface area contributed by atoms with Crippen molar-refractivity contribution in [2.24, 2.45) is 0 Å². The van der Waals surface area contributed by atoms with Crippen molar-refractivity contribution in [2.75, 3.05) is 37.7 Å². The fourth-order valence-electron chi connectivity index (χ4n) is 3.14. The summed E-state index contributed by atoms with van der Waals surface area (Å²) < 4.78 is 33.6. The molecule has 3 aromatic rings. The highest BCUT2D eigenvalue weighted by molar-refractivity contribution is 7.22. The van der Waals surface area contributed by atoms with Crippen LogP contribution in [0, 0.1) is 11.6 Å². The molecule has 0 aliphatic rings. The molecule has 0 bridgehead atoms. The average Bonchev–Trinajstić information content (AvgIpc) is 3.16. The molecule has 1 amide bonds. The SMILES string of the molecule is CCOc1ccc(C(=O)N(CCN(CC)CC)c2nc3c(F)cc(F)cc3s2)cc1. The molecule has 0 radical (unpaired) electrons. The second-order valence-electron chi connectivity index (χ2n) is 6.67. The maximum Gasteiger partial charge on any atom is 0.260 e. The van der Waals surface area contributed by atoms with Gasteiger partial charge < -0.3 is 9.64 Å². The van der Waals surface area contributed by atoms with Gasteiger partial charge in [0.25, 0.3) is 5.91 Å². The summed E-state index contributed by atoms with van der Waals surface area (Å²) in [5.41, 5.74) is 0.549. The molecule has 0 atom stereocenters. The van der Waals surface area contributed by atoms with Crippen LogP contribution in [0.1, 0.15) is 31.1 Å². The first-order valence-corrected chi connectivity index (χ1v) is 10.8. The Balaban J connectivity index is 1.95. The van der Waals surface area contributed by atoms with Gasteiger partial charge >= 0.3 is 0 Å². The summed E-state index contributed by atoms with van der Waals surface area (Å²) in [6.07, 6.45) is 0. The first-order chi connectivity index (χ1) is 14.5. The highest BCUT2D eigenvalue weighted by Crippen LogP contribution is 2.32. The van der Waals surface area contributed by atoms with Gasteiger partial charge in [-0.15, -0.1) is 0 Å². The van der Waals surface area contributed by atoms with Crippen molar-refractivity contribution in [3.8, 4) is 5.75 Å². The Labute approximate surface area is 178 Å². The summed E-state index contributed by atoms with van der Waals surface area (Å²) in [4.78, 5) is 21.3. The number of carbonyl (C=O) groups excluding carboxylic acids is 1. The number of carbonyl (C=O) groups is 1. The molecule has 0 unspecified atom stereocenters. The molecule has 160 valence electrons. The number of ether oxygens (including phenoxy) is 1. The van der Waals surface area contributed by atoms with Gasteiger partial charge in [-0.25, -0.2) is 13.8 Å². The van der Waals surface area contributed by atoms with Gasteiger partial charge in [0.15, 0.2) is 10.9 Å². The third-order valence-corrected chi connectivity index (χ3v) is 5.85. The van der Waals surface area contributed by atoms with Crippen LogP contribution in [0.3, 0.4) is 0 Å². The number of amides is 1. The van der Waals surface area contributed by atoms with Gasteiger partial charge in [0, 0.05) is 24.7 Å². The lowest BCUT2D eigenvalue weighted by molar-refractivity contribution is 0.0983. The molecule has 0 saturated heterocycles. The predicted molar refractivity (Wildman–Crippen MR) is 117 cm³/mol. The number of fused-ring (bicyclic) bond motifs is 1. The van der Waals surface area contributed by atoms with E-state index >= 15 is 0 Å². The van der Waals surface area contributed by atoms with E-state index in [9.17, 15) is 13.6 Å². The first kappa shape index (κ1) is 22.1. The van der Waals surface area contributed by atoms with E-state index in [4.69, 9.17) is 4.74 Å². The van der Waals surface area contributed by atoms with Crippen molar-refractivity contribution in [3.05, 3.63) is 53.6 Å². The van der Waals surface area contributed by atoms with Crippen LogP contribution in [0.15, 0.2) is 36.4 Å². The van der Waals surface area contributed by atoms with Crippen LogP contribution < -0.4 is 9.64 Å². The van der Waals surface area contributed by atoms with Crippen LogP contribution >= 0.6 is 11.3 Å². The molecule has 0 saturated carbocycles. The summed E-state index contributed by atoms with van der Waals surface area (Å²) in [6, 6.07) is 8.93. The fourth-order valence-corrected chi connectivity index (χ4v) is 4.17. The molecule has 3 rings (SSSR count). The maximum absolute atomic E-state index is 14.2. The standard InChI is InChI=1S/C22H25F2N3O2S/c1-4-26(5-2)11-12-27(21(28)15-7-9-17(10-8-15)29-6-3)22-25-20-18(24)13-16(23)14-19(20)30-22/h7-10,13-14H,4-6,11-12H2,1-3H3. The van der Waals surface area contributed by atoms with Crippen molar-refractivity contribution in [2.45, 2.75) is 20.8 Å². The average molecular weight is 434 g/mol. The van der Waals surface area contributed by atoms with E-state index in [2.05, 4.69) is 23.7 Å². The second kappa shape index (κ2) is 9.95. The molecule has 1 aromatic heterocycles. The molecule has 0 aliphatic carbocycles. The van der Waals surface area contributed by atoms with E-state index in [-0.39, 0.29) is 11.4 Å². The number of halogens is 2. The van der Waals surface area contributed by atoms with Gasteiger partial charge in [-0.1, -0.05) is 25.2 Å². The van der Waals surface area contributed by atoms with E-state index in [1.54, 1.807) is 24.3 Å². The Morgan fingerprint density at radius 2 is 1.77 bits per heavy atom. The minimum Gasteiger partial charge on any atom is -0.494 e. The highest BCUT2D eigenvalue weighted by atomic mass is 32.1. The molecule has 0 aliphatic heterocycles. The summed E-state index contributed by atoms with van der Waals surface area (Å²) in [7, 11) is 0. The molecule has 1 heterocycles. The monoisotopic (exact) mass is 433 g/mol. The molecule has 0 spiro atoms. The predicted octanol–water partition coefficient (Wildman–Crippen LogP) is 4.96. The van der Waals surface area contributed by atoms with Gasteiger partial charge in [-0.3, -0.25) is 9.69 Å². The van der Waals surface area contributed by atoms with E-state index < -0.39 is 11.6 Å². The number of thiazole rings is 1. The summed E-state index contributed by atoms with van der Waals surface area (Å²) in [5, 5.41) is 0.348. The van der Waals surface area contributed by atoms with Gasteiger partial charge in [0.1, 0.15) is 17.1 Å². The van der Waals surface area contributed by atoms with Crippen LogP contribution in [0.25, 0.3) is 10.2 Å². The number of hydrogen-bond acceptors (Lipinski definition) is 5. The number of likely N-dealkylation sites (N-methyl/N-ethyl adjacent to an activating group) is 1. The lowest BCUT2D eigenvalue weighted by Gasteiger charge is -2.24. The second-order valence-corrected chi connectivity index (χ2v) is 7.68. The lowest BCUT2D eigenvalue weighted by Crippen LogP contribution is -2.38. The number of aromatic nitrogens is 1. The third-order valence-electron chi connectivity index (χ3n) is 4.82. The summed E-state index contributed by atoms with van der Waals surface area (Å²) in [5.74, 6) is -0.959. The number of anilines is 1. The van der Waals surface area contributed by atoms with E-state index in [0.717, 1.165) is 30.5 Å². The fraction of sp³-hybridized carbons (Fsp3) is 0.364. The van der Waals surface area contributed by atoms with Gasteiger partial charge in [0.05, 0.1) is 11.3 Å². The van der Waals surface area contributed by atoms with Gasteiger partial charge in [-0.05, 0) is 50.3 Å². The smallest absolute Gasteiger partial charge is 0.260 e. The molecule has 8 heteroatoms. The van der Waals surface area contributed by atoms with Crippen LogP contribution in [0.4, 0.5) is 13.9 Å². The third kappa shape index (κ3) is 4.94. The Hall–Kier alpha value is -2.58. The van der Waals surface area contributed by atoms with Crippen molar-refractivity contribution in [3.63, 3.8) is 0 Å². The van der Waals surface area contributed by atoms with Crippen molar-refractivity contribution in [1.82, 2.24) is 9.88 Å². The molecular weight excluding hydrogens is 408 g/mol. The van der Waals surface area contributed by atoms with Crippen LogP contribution in [0.2, 0.25) is 0 Å². The lowest BCUT2D eigenvalue weighted by atomic mass is 10.2. The minimum atomic E-state index is -0.732. The molecule has 5 nitrogen and oxygen atoms in total. The Bertz CT molecular complexity index is 1000. The van der Waals surface area contributed by atoms with Crippen molar-refractivity contribution >= 4 is 32.6 Å². The van der Waals surface area contributed by atoms with Gasteiger partial charge in [0.2, 0.25) is 0 Å². The minimum absolute atomic E-state index is 0.0729. The molecule has 0 fully saturated rings.